The van der Waals surface area contributed by atoms with Gasteiger partial charge in [-0.05, 0) is 30.3 Å². The molecule has 3 aromatic rings. The SMILES string of the molecule is FC(F)(F)Oc1ccc(-c2cn3cc(Cl)cc(Cl)c3n2)cc1. The van der Waals surface area contributed by atoms with Gasteiger partial charge in [-0.25, -0.2) is 4.98 Å². The predicted molar refractivity (Wildman–Crippen MR) is 77.3 cm³/mol. The molecule has 0 atom stereocenters. The van der Waals surface area contributed by atoms with Crippen LogP contribution in [-0.2, 0) is 0 Å². The Morgan fingerprint density at radius 3 is 2.36 bits per heavy atom. The van der Waals surface area contributed by atoms with Gasteiger partial charge < -0.3 is 9.14 Å². The third-order valence-electron chi connectivity index (χ3n) is 2.86. The van der Waals surface area contributed by atoms with Gasteiger partial charge in [0.2, 0.25) is 0 Å². The lowest BCUT2D eigenvalue weighted by Crippen LogP contribution is -2.16. The highest BCUT2D eigenvalue weighted by Gasteiger charge is 2.30. The highest BCUT2D eigenvalue weighted by molar-refractivity contribution is 6.36. The summed E-state index contributed by atoms with van der Waals surface area (Å²) in [7, 11) is 0. The summed E-state index contributed by atoms with van der Waals surface area (Å²) in [6.07, 6.45) is -1.39. The summed E-state index contributed by atoms with van der Waals surface area (Å²) in [4.78, 5) is 4.34. The third-order valence-corrected chi connectivity index (χ3v) is 3.34. The number of ether oxygens (including phenoxy) is 1. The Morgan fingerprint density at radius 2 is 1.73 bits per heavy atom. The molecule has 0 saturated heterocycles. The van der Waals surface area contributed by atoms with Crippen molar-refractivity contribution >= 4 is 28.8 Å². The number of rotatable bonds is 2. The van der Waals surface area contributed by atoms with Crippen molar-refractivity contribution in [1.82, 2.24) is 9.38 Å². The molecule has 0 spiro atoms. The summed E-state index contributed by atoms with van der Waals surface area (Å²) >= 11 is 12.0. The van der Waals surface area contributed by atoms with Gasteiger partial charge in [-0.1, -0.05) is 23.2 Å². The first-order chi connectivity index (χ1) is 10.3. The van der Waals surface area contributed by atoms with Crippen LogP contribution in [0.5, 0.6) is 5.75 Å². The van der Waals surface area contributed by atoms with Crippen LogP contribution in [0.25, 0.3) is 16.9 Å². The maximum absolute atomic E-state index is 12.1. The molecule has 3 nitrogen and oxygen atoms in total. The van der Waals surface area contributed by atoms with Crippen LogP contribution >= 0.6 is 23.2 Å². The van der Waals surface area contributed by atoms with Gasteiger partial charge in [0.25, 0.3) is 0 Å². The quantitative estimate of drug-likeness (QED) is 0.636. The number of benzene rings is 1. The normalized spacial score (nSPS) is 11.9. The monoisotopic (exact) mass is 346 g/mol. The Hall–Kier alpha value is -1.92. The van der Waals surface area contributed by atoms with Crippen LogP contribution in [0.2, 0.25) is 10.0 Å². The molecule has 0 fully saturated rings. The molecule has 0 unspecified atom stereocenters. The fourth-order valence-corrected chi connectivity index (χ4v) is 2.52. The summed E-state index contributed by atoms with van der Waals surface area (Å²) in [6.45, 7) is 0. The molecule has 114 valence electrons. The van der Waals surface area contributed by atoms with E-state index in [-0.39, 0.29) is 5.75 Å². The average molecular weight is 347 g/mol. The van der Waals surface area contributed by atoms with Crippen LogP contribution in [-0.4, -0.2) is 15.7 Å². The number of imidazole rings is 1. The largest absolute Gasteiger partial charge is 0.573 e. The molecule has 0 N–H and O–H groups in total. The molecule has 0 aliphatic carbocycles. The number of fused-ring (bicyclic) bond motifs is 1. The topological polar surface area (TPSA) is 26.5 Å². The number of nitrogens with zero attached hydrogens (tertiary/aromatic N) is 2. The molecule has 0 aliphatic rings. The Kier molecular flexibility index (Phi) is 3.66. The van der Waals surface area contributed by atoms with Gasteiger partial charge in [0.1, 0.15) is 5.75 Å². The molecule has 2 heterocycles. The van der Waals surface area contributed by atoms with Crippen LogP contribution in [0.15, 0.2) is 42.7 Å². The van der Waals surface area contributed by atoms with Crippen LogP contribution in [0.4, 0.5) is 13.2 Å². The van der Waals surface area contributed by atoms with Gasteiger partial charge >= 0.3 is 6.36 Å². The second kappa shape index (κ2) is 5.37. The van der Waals surface area contributed by atoms with E-state index in [1.165, 1.54) is 24.3 Å². The molecule has 0 aliphatic heterocycles. The van der Waals surface area contributed by atoms with E-state index < -0.39 is 6.36 Å². The Morgan fingerprint density at radius 1 is 1.05 bits per heavy atom. The highest BCUT2D eigenvalue weighted by atomic mass is 35.5. The second-order valence-corrected chi connectivity index (χ2v) is 5.28. The van der Waals surface area contributed by atoms with E-state index in [2.05, 4.69) is 9.72 Å². The van der Waals surface area contributed by atoms with Crippen LogP contribution in [0.3, 0.4) is 0 Å². The first-order valence-corrected chi connectivity index (χ1v) is 6.77. The zero-order valence-electron chi connectivity index (χ0n) is 10.7. The molecule has 1 aromatic carbocycles. The lowest BCUT2D eigenvalue weighted by atomic mass is 10.2. The van der Waals surface area contributed by atoms with Crippen molar-refractivity contribution in [2.45, 2.75) is 6.36 Å². The maximum Gasteiger partial charge on any atom is 0.573 e. The standard InChI is InChI=1S/C14H7Cl2F3N2O/c15-9-5-11(16)13-20-12(7-21(13)6-9)8-1-3-10(4-2-8)22-14(17,18)19/h1-7H. The van der Waals surface area contributed by atoms with Crippen molar-refractivity contribution in [2.24, 2.45) is 0 Å². The van der Waals surface area contributed by atoms with Gasteiger partial charge in [0.15, 0.2) is 5.65 Å². The molecular formula is C14H7Cl2F3N2O. The number of aromatic nitrogens is 2. The van der Waals surface area contributed by atoms with Crippen molar-refractivity contribution in [1.29, 1.82) is 0 Å². The van der Waals surface area contributed by atoms with Gasteiger partial charge in [0, 0.05) is 18.0 Å². The molecule has 2 aromatic heterocycles. The van der Waals surface area contributed by atoms with E-state index in [1.807, 2.05) is 0 Å². The number of hydrogen-bond donors (Lipinski definition) is 0. The number of halogens is 5. The summed E-state index contributed by atoms with van der Waals surface area (Å²) in [5.41, 5.74) is 1.70. The third kappa shape index (κ3) is 3.13. The Labute approximate surface area is 132 Å². The minimum atomic E-state index is -4.71. The molecule has 22 heavy (non-hydrogen) atoms. The molecule has 0 bridgehead atoms. The zero-order chi connectivity index (χ0) is 15.9. The highest BCUT2D eigenvalue weighted by Crippen LogP contribution is 2.28. The van der Waals surface area contributed by atoms with Gasteiger partial charge in [0.05, 0.1) is 15.7 Å². The zero-order valence-corrected chi connectivity index (χ0v) is 12.2. The predicted octanol–water partition coefficient (Wildman–Crippen LogP) is 5.21. The van der Waals surface area contributed by atoms with E-state index in [0.717, 1.165) is 0 Å². The molecule has 8 heteroatoms. The molecule has 3 rings (SSSR count). The number of hydrogen-bond acceptors (Lipinski definition) is 2. The van der Waals surface area contributed by atoms with E-state index in [0.29, 0.717) is 26.9 Å². The van der Waals surface area contributed by atoms with Crippen molar-refractivity contribution in [3.63, 3.8) is 0 Å². The molecular weight excluding hydrogens is 340 g/mol. The van der Waals surface area contributed by atoms with Gasteiger partial charge in [-0.2, -0.15) is 0 Å². The number of alkyl halides is 3. The second-order valence-electron chi connectivity index (χ2n) is 4.44. The van der Waals surface area contributed by atoms with Crippen molar-refractivity contribution in [2.75, 3.05) is 0 Å². The van der Waals surface area contributed by atoms with E-state index in [1.54, 1.807) is 22.9 Å². The van der Waals surface area contributed by atoms with Crippen LogP contribution in [0, 0.1) is 0 Å². The summed E-state index contributed by atoms with van der Waals surface area (Å²) in [5.74, 6) is -0.291. The fourth-order valence-electron chi connectivity index (χ4n) is 1.99. The lowest BCUT2D eigenvalue weighted by molar-refractivity contribution is -0.274. The fraction of sp³-hybridized carbons (Fsp3) is 0.0714. The summed E-state index contributed by atoms with van der Waals surface area (Å²) in [5, 5.41) is 0.839. The minimum Gasteiger partial charge on any atom is -0.406 e. The van der Waals surface area contributed by atoms with Crippen molar-refractivity contribution in [3.8, 4) is 17.0 Å². The first kappa shape index (κ1) is 15.0. The van der Waals surface area contributed by atoms with Gasteiger partial charge in [-0.3, -0.25) is 0 Å². The minimum absolute atomic E-state index is 0.291. The van der Waals surface area contributed by atoms with E-state index >= 15 is 0 Å². The Bertz CT molecular complexity index is 828. The maximum atomic E-state index is 12.1. The number of pyridine rings is 1. The van der Waals surface area contributed by atoms with Crippen LogP contribution < -0.4 is 4.74 Å². The smallest absolute Gasteiger partial charge is 0.406 e. The molecule has 0 saturated carbocycles. The van der Waals surface area contributed by atoms with E-state index in [9.17, 15) is 13.2 Å². The van der Waals surface area contributed by atoms with E-state index in [4.69, 9.17) is 23.2 Å². The van der Waals surface area contributed by atoms with Crippen LogP contribution in [0.1, 0.15) is 0 Å². The van der Waals surface area contributed by atoms with Crippen molar-refractivity contribution in [3.05, 3.63) is 52.8 Å². The van der Waals surface area contributed by atoms with Gasteiger partial charge in [-0.15, -0.1) is 13.2 Å². The van der Waals surface area contributed by atoms with Crippen molar-refractivity contribution < 1.29 is 17.9 Å². The summed E-state index contributed by atoms with van der Waals surface area (Å²) < 4.78 is 41.8. The lowest BCUT2D eigenvalue weighted by Gasteiger charge is -2.08. The summed E-state index contributed by atoms with van der Waals surface area (Å²) in [6, 6.07) is 6.98. The first-order valence-electron chi connectivity index (χ1n) is 6.02. The average Bonchev–Trinajstić information content (AvgIpc) is 2.81. The molecule has 0 radical (unpaired) electrons. The molecule has 0 amide bonds. The Balaban J connectivity index is 1.96.